The number of nitrogens with zero attached hydrogens (tertiary/aromatic N) is 1. The van der Waals surface area contributed by atoms with Crippen LogP contribution >= 0.6 is 15.9 Å². The van der Waals surface area contributed by atoms with Crippen LogP contribution in [0.2, 0.25) is 0 Å². The lowest BCUT2D eigenvalue weighted by Gasteiger charge is -2.33. The van der Waals surface area contributed by atoms with Gasteiger partial charge in [0.2, 0.25) is 0 Å². The van der Waals surface area contributed by atoms with Crippen molar-refractivity contribution in [2.75, 3.05) is 32.8 Å². The van der Waals surface area contributed by atoms with Gasteiger partial charge in [0.15, 0.2) is 11.5 Å². The zero-order valence-corrected chi connectivity index (χ0v) is 13.9. The van der Waals surface area contributed by atoms with Crippen molar-refractivity contribution in [3.63, 3.8) is 0 Å². The Hall–Kier alpha value is -0.780. The molecule has 2 heterocycles. The number of nitrogens with two attached hydrogens (primary N) is 1. The van der Waals surface area contributed by atoms with E-state index in [1.807, 2.05) is 6.07 Å². The first-order chi connectivity index (χ1) is 10.3. The summed E-state index contributed by atoms with van der Waals surface area (Å²) in [5.41, 5.74) is 6.97. The fourth-order valence-electron chi connectivity index (χ4n) is 3.23. The minimum absolute atomic E-state index is 0.631. The third-order valence-corrected chi connectivity index (χ3v) is 5.02. The molecule has 3 rings (SSSR count). The number of hydrogen-bond donors (Lipinski definition) is 1. The van der Waals surface area contributed by atoms with Crippen LogP contribution in [0.15, 0.2) is 16.6 Å². The number of likely N-dealkylation sites (tertiary alicyclic amines) is 1. The average Bonchev–Trinajstić information content (AvgIpc) is 2.49. The molecule has 116 valence electrons. The molecule has 0 amide bonds. The molecule has 1 unspecified atom stereocenters. The van der Waals surface area contributed by atoms with E-state index >= 15 is 0 Å². The summed E-state index contributed by atoms with van der Waals surface area (Å²) in [5.74, 6) is 2.46. The van der Waals surface area contributed by atoms with Gasteiger partial charge in [0.1, 0.15) is 13.2 Å². The van der Waals surface area contributed by atoms with E-state index in [1.54, 1.807) is 0 Å². The van der Waals surface area contributed by atoms with Crippen LogP contribution in [-0.2, 0) is 6.54 Å². The zero-order chi connectivity index (χ0) is 14.7. The van der Waals surface area contributed by atoms with E-state index in [4.69, 9.17) is 15.2 Å². The smallest absolute Gasteiger partial charge is 0.162 e. The molecule has 1 fully saturated rings. The number of fused-ring (bicyclic) bond motifs is 1. The summed E-state index contributed by atoms with van der Waals surface area (Å²) < 4.78 is 12.4. The van der Waals surface area contributed by atoms with E-state index in [-0.39, 0.29) is 0 Å². The molecule has 2 aliphatic rings. The van der Waals surface area contributed by atoms with Crippen LogP contribution in [-0.4, -0.2) is 37.7 Å². The van der Waals surface area contributed by atoms with E-state index < -0.39 is 0 Å². The van der Waals surface area contributed by atoms with E-state index in [0.29, 0.717) is 13.2 Å². The largest absolute Gasteiger partial charge is 0.486 e. The second-order valence-corrected chi connectivity index (χ2v) is 6.76. The van der Waals surface area contributed by atoms with Crippen LogP contribution in [0.3, 0.4) is 0 Å². The number of rotatable bonds is 4. The summed E-state index contributed by atoms with van der Waals surface area (Å²) in [6.45, 7) is 5.34. The molecule has 1 saturated heterocycles. The Bertz CT molecular complexity index is 493. The molecule has 0 radical (unpaired) electrons. The molecule has 21 heavy (non-hydrogen) atoms. The molecule has 0 aromatic heterocycles. The molecule has 1 atom stereocenters. The van der Waals surface area contributed by atoms with Gasteiger partial charge in [-0.2, -0.15) is 0 Å². The highest BCUT2D eigenvalue weighted by Crippen LogP contribution is 2.36. The van der Waals surface area contributed by atoms with Crippen molar-refractivity contribution in [3.05, 3.63) is 22.2 Å². The lowest BCUT2D eigenvalue weighted by molar-refractivity contribution is 0.160. The van der Waals surface area contributed by atoms with Crippen molar-refractivity contribution in [2.45, 2.75) is 25.8 Å². The Labute approximate surface area is 134 Å². The lowest BCUT2D eigenvalue weighted by Crippen LogP contribution is -2.35. The van der Waals surface area contributed by atoms with Crippen LogP contribution in [0.4, 0.5) is 0 Å². The Morgan fingerprint density at radius 1 is 1.24 bits per heavy atom. The van der Waals surface area contributed by atoms with Crippen molar-refractivity contribution in [1.82, 2.24) is 4.90 Å². The van der Waals surface area contributed by atoms with Gasteiger partial charge in [0, 0.05) is 17.6 Å². The Balaban J connectivity index is 1.69. The highest BCUT2D eigenvalue weighted by molar-refractivity contribution is 9.10. The van der Waals surface area contributed by atoms with Crippen LogP contribution in [0.1, 0.15) is 24.8 Å². The number of halogens is 1. The van der Waals surface area contributed by atoms with Crippen molar-refractivity contribution in [3.8, 4) is 11.5 Å². The van der Waals surface area contributed by atoms with Crippen LogP contribution in [0, 0.1) is 5.92 Å². The Morgan fingerprint density at radius 3 is 2.76 bits per heavy atom. The Kier molecular flexibility index (Phi) is 5.03. The van der Waals surface area contributed by atoms with Crippen LogP contribution < -0.4 is 15.2 Å². The van der Waals surface area contributed by atoms with Crippen LogP contribution in [0.25, 0.3) is 0 Å². The summed E-state index contributed by atoms with van der Waals surface area (Å²) >= 11 is 3.67. The molecule has 1 aromatic rings. The van der Waals surface area contributed by atoms with Crippen molar-refractivity contribution in [1.29, 1.82) is 0 Å². The summed E-state index contributed by atoms with van der Waals surface area (Å²) in [7, 11) is 0. The molecule has 5 heteroatoms. The standard InChI is InChI=1S/C16H23BrN2O2/c17-14-9-16-15(20-6-7-21-16)8-13(14)11-19-5-1-2-12(10-19)3-4-18/h8-9,12H,1-7,10-11,18H2. The van der Waals surface area contributed by atoms with Gasteiger partial charge < -0.3 is 15.2 Å². The quantitative estimate of drug-likeness (QED) is 0.902. The third kappa shape index (κ3) is 3.71. The minimum atomic E-state index is 0.631. The van der Waals surface area contributed by atoms with Gasteiger partial charge in [-0.05, 0) is 56.0 Å². The molecule has 2 aliphatic heterocycles. The number of hydrogen-bond acceptors (Lipinski definition) is 4. The fourth-order valence-corrected chi connectivity index (χ4v) is 3.68. The summed E-state index contributed by atoms with van der Waals surface area (Å²) in [4.78, 5) is 2.53. The average molecular weight is 355 g/mol. The summed E-state index contributed by atoms with van der Waals surface area (Å²) in [6, 6.07) is 4.15. The number of benzene rings is 1. The van der Waals surface area contributed by atoms with Crippen molar-refractivity contribution >= 4 is 15.9 Å². The molecule has 0 spiro atoms. The highest BCUT2D eigenvalue weighted by Gasteiger charge is 2.21. The SMILES string of the molecule is NCCC1CCCN(Cc2cc3c(cc2Br)OCCO3)C1. The first-order valence-corrected chi connectivity index (χ1v) is 8.56. The zero-order valence-electron chi connectivity index (χ0n) is 12.3. The van der Waals surface area contributed by atoms with Gasteiger partial charge in [0.25, 0.3) is 0 Å². The number of piperidine rings is 1. The summed E-state index contributed by atoms with van der Waals surface area (Å²) in [5, 5.41) is 0. The molecule has 2 N–H and O–H groups in total. The fraction of sp³-hybridized carbons (Fsp3) is 0.625. The normalized spacial score (nSPS) is 22.3. The predicted molar refractivity (Wildman–Crippen MR) is 86.8 cm³/mol. The van der Waals surface area contributed by atoms with Gasteiger partial charge in [-0.1, -0.05) is 15.9 Å². The topological polar surface area (TPSA) is 47.7 Å². The van der Waals surface area contributed by atoms with E-state index in [1.165, 1.54) is 24.9 Å². The summed E-state index contributed by atoms with van der Waals surface area (Å²) in [6.07, 6.45) is 3.72. The van der Waals surface area contributed by atoms with Crippen LogP contribution in [0.5, 0.6) is 11.5 Å². The Morgan fingerprint density at radius 2 is 2.00 bits per heavy atom. The van der Waals surface area contributed by atoms with Crippen molar-refractivity contribution < 1.29 is 9.47 Å². The molecule has 1 aromatic carbocycles. The van der Waals surface area contributed by atoms with Gasteiger partial charge in [-0.15, -0.1) is 0 Å². The molecular formula is C16H23BrN2O2. The first kappa shape index (κ1) is 15.1. The highest BCUT2D eigenvalue weighted by atomic mass is 79.9. The maximum Gasteiger partial charge on any atom is 0.162 e. The molecule has 0 aliphatic carbocycles. The van der Waals surface area contributed by atoms with Gasteiger partial charge in [-0.25, -0.2) is 0 Å². The second-order valence-electron chi connectivity index (χ2n) is 5.91. The molecular weight excluding hydrogens is 332 g/mol. The monoisotopic (exact) mass is 354 g/mol. The maximum atomic E-state index is 5.70. The molecule has 4 nitrogen and oxygen atoms in total. The lowest BCUT2D eigenvalue weighted by atomic mass is 9.94. The molecule has 0 saturated carbocycles. The maximum absolute atomic E-state index is 5.70. The first-order valence-electron chi connectivity index (χ1n) is 7.76. The van der Waals surface area contributed by atoms with E-state index in [2.05, 4.69) is 26.9 Å². The van der Waals surface area contributed by atoms with Gasteiger partial charge in [-0.3, -0.25) is 4.90 Å². The van der Waals surface area contributed by atoms with E-state index in [0.717, 1.165) is 47.9 Å². The van der Waals surface area contributed by atoms with E-state index in [9.17, 15) is 0 Å². The predicted octanol–water partition coefficient (Wildman–Crippen LogP) is 2.78. The number of ether oxygens (including phenoxy) is 2. The third-order valence-electron chi connectivity index (χ3n) is 4.28. The second kappa shape index (κ2) is 6.99. The van der Waals surface area contributed by atoms with Crippen molar-refractivity contribution in [2.24, 2.45) is 11.7 Å². The van der Waals surface area contributed by atoms with Gasteiger partial charge >= 0.3 is 0 Å². The van der Waals surface area contributed by atoms with Gasteiger partial charge in [0.05, 0.1) is 0 Å². The molecule has 0 bridgehead atoms. The minimum Gasteiger partial charge on any atom is -0.486 e.